The lowest BCUT2D eigenvalue weighted by molar-refractivity contribution is -0.141. The van der Waals surface area contributed by atoms with Crippen LogP contribution in [0.25, 0.3) is 0 Å². The summed E-state index contributed by atoms with van der Waals surface area (Å²) in [6.45, 7) is 7.81. The van der Waals surface area contributed by atoms with Gasteiger partial charge in [-0.1, -0.05) is 6.92 Å². The third-order valence-electron chi connectivity index (χ3n) is 2.40. The van der Waals surface area contributed by atoms with Crippen LogP contribution in [0.1, 0.15) is 38.2 Å². The summed E-state index contributed by atoms with van der Waals surface area (Å²) in [5.74, 6) is -1.15. The molecule has 1 atom stereocenters. The van der Waals surface area contributed by atoms with Crippen molar-refractivity contribution >= 4 is 5.97 Å². The molecule has 1 rings (SSSR count). The number of hydrogen-bond donors (Lipinski definition) is 1. The van der Waals surface area contributed by atoms with Gasteiger partial charge in [0, 0.05) is 18.2 Å². The van der Waals surface area contributed by atoms with Crippen LogP contribution in [0.3, 0.4) is 0 Å². The maximum atomic E-state index is 10.7. The van der Waals surface area contributed by atoms with Gasteiger partial charge in [-0.3, -0.25) is 9.48 Å². The number of carboxylic acid groups (broad SMARTS) is 1. The van der Waals surface area contributed by atoms with E-state index in [4.69, 9.17) is 5.11 Å². The highest BCUT2D eigenvalue weighted by atomic mass is 16.4. The minimum Gasteiger partial charge on any atom is -0.481 e. The number of carboxylic acids is 1. The standard InChI is InChI=1S/C11H18N2O2/c1-7(2)13-9(4)6-10(12-13)5-8(3)11(14)15/h6-8H,5H2,1-4H3,(H,14,15). The molecule has 1 heterocycles. The zero-order chi connectivity index (χ0) is 11.6. The van der Waals surface area contributed by atoms with Crippen LogP contribution in [-0.4, -0.2) is 20.9 Å². The normalized spacial score (nSPS) is 13.1. The van der Waals surface area contributed by atoms with Gasteiger partial charge in [0.25, 0.3) is 0 Å². The number of aliphatic carboxylic acids is 1. The third kappa shape index (κ3) is 2.81. The molecule has 1 unspecified atom stereocenters. The van der Waals surface area contributed by atoms with Gasteiger partial charge in [-0.15, -0.1) is 0 Å². The zero-order valence-corrected chi connectivity index (χ0v) is 9.69. The molecule has 84 valence electrons. The number of nitrogens with zero attached hydrogens (tertiary/aromatic N) is 2. The van der Waals surface area contributed by atoms with Crippen LogP contribution < -0.4 is 0 Å². The van der Waals surface area contributed by atoms with Gasteiger partial charge in [0.2, 0.25) is 0 Å². The van der Waals surface area contributed by atoms with Crippen molar-refractivity contribution in [3.05, 3.63) is 17.5 Å². The van der Waals surface area contributed by atoms with Crippen molar-refractivity contribution in [1.29, 1.82) is 0 Å². The van der Waals surface area contributed by atoms with E-state index in [1.807, 2.05) is 17.7 Å². The molecule has 0 amide bonds. The predicted octanol–water partition coefficient (Wildman–Crippen LogP) is 2.04. The van der Waals surface area contributed by atoms with Crippen molar-refractivity contribution in [2.45, 2.75) is 40.2 Å². The summed E-state index contributed by atoms with van der Waals surface area (Å²) in [4.78, 5) is 10.7. The topological polar surface area (TPSA) is 55.1 Å². The second-order valence-corrected chi connectivity index (χ2v) is 4.26. The average Bonchev–Trinajstić information content (AvgIpc) is 2.46. The summed E-state index contributed by atoms with van der Waals surface area (Å²) in [6.07, 6.45) is 0.496. The molecule has 1 N–H and O–H groups in total. The molecule has 0 spiro atoms. The summed E-state index contributed by atoms with van der Waals surface area (Å²) in [5, 5.41) is 13.2. The first-order valence-electron chi connectivity index (χ1n) is 5.19. The summed E-state index contributed by atoms with van der Waals surface area (Å²) in [7, 11) is 0. The molecule has 0 aliphatic heterocycles. The number of aromatic nitrogens is 2. The van der Waals surface area contributed by atoms with Crippen LogP contribution in [0.5, 0.6) is 0 Å². The second kappa shape index (κ2) is 4.47. The lowest BCUT2D eigenvalue weighted by atomic mass is 10.1. The van der Waals surface area contributed by atoms with Crippen molar-refractivity contribution in [1.82, 2.24) is 9.78 Å². The fourth-order valence-electron chi connectivity index (χ4n) is 1.58. The Morgan fingerprint density at radius 2 is 2.13 bits per heavy atom. The molecule has 15 heavy (non-hydrogen) atoms. The second-order valence-electron chi connectivity index (χ2n) is 4.26. The van der Waals surface area contributed by atoms with Gasteiger partial charge in [0.05, 0.1) is 11.6 Å². The van der Waals surface area contributed by atoms with Gasteiger partial charge in [-0.25, -0.2) is 0 Å². The smallest absolute Gasteiger partial charge is 0.306 e. The molecule has 1 aromatic rings. The molecule has 0 saturated carbocycles. The number of aryl methyl sites for hydroxylation is 1. The van der Waals surface area contributed by atoms with Gasteiger partial charge >= 0.3 is 5.97 Å². The molecule has 4 heteroatoms. The zero-order valence-electron chi connectivity index (χ0n) is 9.69. The molecule has 0 radical (unpaired) electrons. The van der Waals surface area contributed by atoms with Gasteiger partial charge < -0.3 is 5.11 Å². The fourth-order valence-corrected chi connectivity index (χ4v) is 1.58. The van der Waals surface area contributed by atoms with E-state index in [9.17, 15) is 4.79 Å². The van der Waals surface area contributed by atoms with Gasteiger partial charge in [-0.05, 0) is 26.8 Å². The van der Waals surface area contributed by atoms with E-state index in [0.717, 1.165) is 11.4 Å². The monoisotopic (exact) mass is 210 g/mol. The van der Waals surface area contributed by atoms with Crippen molar-refractivity contribution in [3.8, 4) is 0 Å². The molecule has 0 aliphatic rings. The van der Waals surface area contributed by atoms with Crippen molar-refractivity contribution in [2.75, 3.05) is 0 Å². The highest BCUT2D eigenvalue weighted by Gasteiger charge is 2.15. The summed E-state index contributed by atoms with van der Waals surface area (Å²) in [6, 6.07) is 2.28. The van der Waals surface area contributed by atoms with Gasteiger partial charge in [-0.2, -0.15) is 5.10 Å². The quantitative estimate of drug-likeness (QED) is 0.827. The Bertz CT molecular complexity index is 355. The first kappa shape index (κ1) is 11.8. The van der Waals surface area contributed by atoms with E-state index in [1.165, 1.54) is 0 Å². The van der Waals surface area contributed by atoms with Crippen molar-refractivity contribution in [2.24, 2.45) is 5.92 Å². The maximum absolute atomic E-state index is 10.7. The van der Waals surface area contributed by atoms with Crippen molar-refractivity contribution < 1.29 is 9.90 Å². The molecule has 1 aromatic heterocycles. The van der Waals surface area contributed by atoms with E-state index in [1.54, 1.807) is 6.92 Å². The van der Waals surface area contributed by atoms with E-state index in [-0.39, 0.29) is 5.92 Å². The maximum Gasteiger partial charge on any atom is 0.306 e. The first-order valence-corrected chi connectivity index (χ1v) is 5.19. The van der Waals surface area contributed by atoms with E-state index in [0.29, 0.717) is 12.5 Å². The molecule has 0 bridgehead atoms. The fraction of sp³-hybridized carbons (Fsp3) is 0.636. The molecular formula is C11H18N2O2. The molecule has 0 fully saturated rings. The Kier molecular flexibility index (Phi) is 3.50. The van der Waals surface area contributed by atoms with Crippen LogP contribution in [0.15, 0.2) is 6.07 Å². The molecule has 0 saturated heterocycles. The Balaban J connectivity index is 2.79. The highest BCUT2D eigenvalue weighted by Crippen LogP contribution is 2.13. The predicted molar refractivity (Wildman–Crippen MR) is 57.9 cm³/mol. The lowest BCUT2D eigenvalue weighted by Crippen LogP contribution is -2.13. The summed E-state index contributed by atoms with van der Waals surface area (Å²) in [5.41, 5.74) is 1.94. The van der Waals surface area contributed by atoms with E-state index < -0.39 is 5.97 Å². The minimum absolute atomic E-state index is 0.318. The number of hydrogen-bond acceptors (Lipinski definition) is 2. The Morgan fingerprint density at radius 1 is 1.53 bits per heavy atom. The molecular weight excluding hydrogens is 192 g/mol. The lowest BCUT2D eigenvalue weighted by Gasteiger charge is -2.07. The summed E-state index contributed by atoms with van der Waals surface area (Å²) < 4.78 is 1.92. The van der Waals surface area contributed by atoms with Crippen LogP contribution in [0.4, 0.5) is 0 Å². The molecule has 4 nitrogen and oxygen atoms in total. The van der Waals surface area contributed by atoms with Crippen molar-refractivity contribution in [3.63, 3.8) is 0 Å². The number of rotatable bonds is 4. The SMILES string of the molecule is Cc1cc(CC(C)C(=O)O)nn1C(C)C. The largest absolute Gasteiger partial charge is 0.481 e. The third-order valence-corrected chi connectivity index (χ3v) is 2.40. The van der Waals surface area contributed by atoms with Gasteiger partial charge in [0.1, 0.15) is 0 Å². The summed E-state index contributed by atoms with van der Waals surface area (Å²) >= 11 is 0. The van der Waals surface area contributed by atoms with Gasteiger partial charge in [0.15, 0.2) is 0 Å². The Hall–Kier alpha value is -1.32. The average molecular weight is 210 g/mol. The van der Waals surface area contributed by atoms with Crippen LogP contribution in [0, 0.1) is 12.8 Å². The highest BCUT2D eigenvalue weighted by molar-refractivity contribution is 5.69. The van der Waals surface area contributed by atoms with E-state index in [2.05, 4.69) is 18.9 Å². The molecule has 0 aliphatic carbocycles. The molecule has 0 aromatic carbocycles. The first-order chi connectivity index (χ1) is 6.91. The number of carbonyl (C=O) groups is 1. The van der Waals surface area contributed by atoms with Crippen LogP contribution >= 0.6 is 0 Å². The van der Waals surface area contributed by atoms with Crippen LogP contribution in [-0.2, 0) is 11.2 Å². The minimum atomic E-state index is -0.772. The van der Waals surface area contributed by atoms with Crippen LogP contribution in [0.2, 0.25) is 0 Å². The Labute approximate surface area is 89.9 Å². The Morgan fingerprint density at radius 3 is 2.53 bits per heavy atom. The van der Waals surface area contributed by atoms with E-state index >= 15 is 0 Å².